The van der Waals surface area contributed by atoms with E-state index in [4.69, 9.17) is 9.47 Å². The molecule has 2 aliphatic heterocycles. The van der Waals surface area contributed by atoms with E-state index in [-0.39, 0.29) is 5.75 Å². The van der Waals surface area contributed by atoms with Gasteiger partial charge in [-0.15, -0.1) is 0 Å². The molecule has 6 rings (SSSR count). The van der Waals surface area contributed by atoms with Crippen LogP contribution in [-0.4, -0.2) is 61.0 Å². The Morgan fingerprint density at radius 2 is 1.86 bits per heavy atom. The van der Waals surface area contributed by atoms with Gasteiger partial charge in [0, 0.05) is 61.0 Å². The summed E-state index contributed by atoms with van der Waals surface area (Å²) in [4.78, 5) is 15.6. The molecule has 0 spiro atoms. The number of hydrogen-bond donors (Lipinski definition) is 0. The summed E-state index contributed by atoms with van der Waals surface area (Å²) < 4.78 is 50.6. The van der Waals surface area contributed by atoms with E-state index in [2.05, 4.69) is 15.0 Å². The number of benzene rings is 1. The van der Waals surface area contributed by atoms with Gasteiger partial charge in [0.25, 0.3) is 0 Å². The number of pyridine rings is 1. The molecule has 1 saturated heterocycles. The normalized spacial score (nSPS) is 18.8. The summed E-state index contributed by atoms with van der Waals surface area (Å²) in [6.07, 6.45) is 5.21. The van der Waals surface area contributed by atoms with Gasteiger partial charge in [0.1, 0.15) is 17.6 Å². The number of anilines is 1. The Bertz CT molecular complexity index is 1420. The summed E-state index contributed by atoms with van der Waals surface area (Å²) >= 11 is -2.15. The SMILES string of the molecule is O=S([O-])Cc1ccc(C2OCCc3nc4cc(F)c(-c5cnc(N6CCOCC6)nc5)cn4c32)cc1. The van der Waals surface area contributed by atoms with Crippen LogP contribution in [0.1, 0.15) is 28.6 Å². The van der Waals surface area contributed by atoms with Gasteiger partial charge >= 0.3 is 0 Å². The average Bonchev–Trinajstić information content (AvgIpc) is 3.26. The predicted octanol–water partition coefficient (Wildman–Crippen LogP) is 2.81. The number of aromatic nitrogens is 4. The Morgan fingerprint density at radius 1 is 1.11 bits per heavy atom. The number of morpholine rings is 1. The van der Waals surface area contributed by atoms with E-state index in [1.54, 1.807) is 30.7 Å². The molecular weight excluding hydrogens is 485 g/mol. The molecule has 3 aromatic heterocycles. The van der Waals surface area contributed by atoms with Gasteiger partial charge in [0.2, 0.25) is 5.95 Å². The summed E-state index contributed by atoms with van der Waals surface area (Å²) in [6.45, 7) is 3.19. The van der Waals surface area contributed by atoms with Crippen LogP contribution in [0.4, 0.5) is 10.3 Å². The molecule has 0 saturated carbocycles. The van der Waals surface area contributed by atoms with Crippen molar-refractivity contribution < 1.29 is 22.6 Å². The Balaban J connectivity index is 1.36. The molecule has 0 bridgehead atoms. The fourth-order valence-corrected chi connectivity index (χ4v) is 5.19. The van der Waals surface area contributed by atoms with E-state index in [1.807, 2.05) is 21.4 Å². The highest BCUT2D eigenvalue weighted by Gasteiger charge is 2.28. The van der Waals surface area contributed by atoms with Crippen LogP contribution in [0.3, 0.4) is 0 Å². The fraction of sp³-hybridized carbons (Fsp3) is 0.320. The molecule has 0 N–H and O–H groups in total. The molecule has 186 valence electrons. The third-order valence-corrected chi connectivity index (χ3v) is 7.07. The van der Waals surface area contributed by atoms with Crippen LogP contribution >= 0.6 is 0 Å². The minimum Gasteiger partial charge on any atom is -0.772 e. The van der Waals surface area contributed by atoms with E-state index in [0.717, 1.165) is 30.0 Å². The molecule has 0 radical (unpaired) electrons. The minimum absolute atomic E-state index is 0.0400. The topological polar surface area (TPSA) is 105 Å². The smallest absolute Gasteiger partial charge is 0.225 e. The largest absolute Gasteiger partial charge is 0.772 e. The minimum atomic E-state index is -2.15. The van der Waals surface area contributed by atoms with Crippen molar-refractivity contribution in [3.63, 3.8) is 0 Å². The molecule has 0 aliphatic carbocycles. The first-order valence-corrected chi connectivity index (χ1v) is 12.9. The fourth-order valence-electron chi connectivity index (χ4n) is 4.72. The predicted molar refractivity (Wildman–Crippen MR) is 130 cm³/mol. The van der Waals surface area contributed by atoms with Crippen molar-refractivity contribution in [3.05, 3.63) is 77.3 Å². The highest BCUT2D eigenvalue weighted by molar-refractivity contribution is 7.78. The van der Waals surface area contributed by atoms with E-state index in [0.29, 0.717) is 54.5 Å². The molecule has 2 unspecified atom stereocenters. The van der Waals surface area contributed by atoms with Crippen molar-refractivity contribution in [2.45, 2.75) is 18.3 Å². The third-order valence-electron chi connectivity index (χ3n) is 6.50. The Morgan fingerprint density at radius 3 is 2.58 bits per heavy atom. The second-order valence-electron chi connectivity index (χ2n) is 8.77. The zero-order valence-electron chi connectivity index (χ0n) is 19.3. The molecule has 0 amide bonds. The van der Waals surface area contributed by atoms with Gasteiger partial charge in [-0.2, -0.15) is 0 Å². The summed E-state index contributed by atoms with van der Waals surface area (Å²) in [5.41, 5.74) is 4.70. The maximum atomic E-state index is 15.2. The highest BCUT2D eigenvalue weighted by atomic mass is 32.2. The van der Waals surface area contributed by atoms with Crippen molar-refractivity contribution in [2.75, 3.05) is 37.8 Å². The first-order chi connectivity index (χ1) is 17.6. The lowest BCUT2D eigenvalue weighted by atomic mass is 10.0. The monoisotopic (exact) mass is 508 g/mol. The highest BCUT2D eigenvalue weighted by Crippen LogP contribution is 2.35. The third kappa shape index (κ3) is 4.39. The Labute approximate surface area is 209 Å². The summed E-state index contributed by atoms with van der Waals surface area (Å²) in [5, 5.41) is 0. The van der Waals surface area contributed by atoms with Gasteiger partial charge in [-0.05, 0) is 11.1 Å². The lowest BCUT2D eigenvalue weighted by Gasteiger charge is -2.26. The van der Waals surface area contributed by atoms with Crippen molar-refractivity contribution >= 4 is 22.7 Å². The number of fused-ring (bicyclic) bond motifs is 3. The second kappa shape index (κ2) is 9.66. The van der Waals surface area contributed by atoms with Crippen molar-refractivity contribution in [2.24, 2.45) is 0 Å². The molecule has 4 aromatic rings. The maximum Gasteiger partial charge on any atom is 0.225 e. The number of ether oxygens (including phenoxy) is 2. The van der Waals surface area contributed by atoms with Gasteiger partial charge in [-0.3, -0.25) is 8.61 Å². The summed E-state index contributed by atoms with van der Waals surface area (Å²) in [7, 11) is 0. The molecule has 9 nitrogen and oxygen atoms in total. The molecule has 5 heterocycles. The molecule has 36 heavy (non-hydrogen) atoms. The van der Waals surface area contributed by atoms with Gasteiger partial charge in [-0.1, -0.05) is 35.3 Å². The molecule has 11 heteroatoms. The van der Waals surface area contributed by atoms with Crippen LogP contribution in [-0.2, 0) is 32.7 Å². The van der Waals surface area contributed by atoms with E-state index < -0.39 is 23.0 Å². The van der Waals surface area contributed by atoms with Crippen LogP contribution in [0.2, 0.25) is 0 Å². The van der Waals surface area contributed by atoms with Crippen LogP contribution in [0.5, 0.6) is 0 Å². The van der Waals surface area contributed by atoms with E-state index in [9.17, 15) is 8.76 Å². The molecule has 1 fully saturated rings. The molecule has 1 aromatic carbocycles. The quantitative estimate of drug-likeness (QED) is 0.379. The standard InChI is InChI=1S/C25H24FN5O4S/c26-20-11-22-29-21-5-8-35-24(17-3-1-16(2-4-17)15-36(32)33)23(21)31(22)14-19(20)18-12-27-25(28-13-18)30-6-9-34-10-7-30/h1-4,11-14,24H,5-10,15H2,(H,32,33)/p-1. The lowest BCUT2D eigenvalue weighted by molar-refractivity contribution is 0.0654. The van der Waals surface area contributed by atoms with Crippen LogP contribution in [0, 0.1) is 5.82 Å². The second-order valence-corrected chi connectivity index (χ2v) is 9.66. The zero-order chi connectivity index (χ0) is 24.6. The van der Waals surface area contributed by atoms with Crippen molar-refractivity contribution in [1.29, 1.82) is 0 Å². The molecular formula is C25H23FN5O4S-. The van der Waals surface area contributed by atoms with Crippen molar-refractivity contribution in [1.82, 2.24) is 19.4 Å². The maximum absolute atomic E-state index is 15.2. The van der Waals surface area contributed by atoms with Gasteiger partial charge in [0.05, 0.1) is 31.2 Å². The van der Waals surface area contributed by atoms with E-state index in [1.165, 1.54) is 6.07 Å². The van der Waals surface area contributed by atoms with Crippen molar-refractivity contribution in [3.8, 4) is 11.1 Å². The summed E-state index contributed by atoms with van der Waals surface area (Å²) in [5.74, 6) is 0.156. The number of halogens is 1. The number of hydrogen-bond acceptors (Lipinski definition) is 8. The first-order valence-electron chi connectivity index (χ1n) is 11.7. The number of imidazole rings is 1. The van der Waals surface area contributed by atoms with E-state index >= 15 is 4.39 Å². The van der Waals surface area contributed by atoms with Gasteiger partial charge in [-0.25, -0.2) is 19.3 Å². The number of rotatable bonds is 5. The molecule has 2 atom stereocenters. The van der Waals surface area contributed by atoms with Crippen LogP contribution < -0.4 is 4.90 Å². The Kier molecular flexibility index (Phi) is 6.22. The Hall–Kier alpha value is -3.25. The average molecular weight is 509 g/mol. The van der Waals surface area contributed by atoms with Crippen LogP contribution in [0.15, 0.2) is 48.9 Å². The zero-order valence-corrected chi connectivity index (χ0v) is 20.1. The molecule has 2 aliphatic rings. The number of nitrogens with zero attached hydrogens (tertiary/aromatic N) is 5. The lowest BCUT2D eigenvalue weighted by Crippen LogP contribution is -2.37. The van der Waals surface area contributed by atoms with Gasteiger partial charge in [0.15, 0.2) is 0 Å². The first kappa shape index (κ1) is 23.2. The van der Waals surface area contributed by atoms with Gasteiger partial charge < -0.3 is 18.9 Å². The summed E-state index contributed by atoms with van der Waals surface area (Å²) in [6, 6.07) is 8.72. The van der Waals surface area contributed by atoms with Crippen LogP contribution in [0.25, 0.3) is 16.8 Å².